The van der Waals surface area contributed by atoms with Crippen molar-refractivity contribution in [3.05, 3.63) is 0 Å². The second-order valence-corrected chi connectivity index (χ2v) is 5.43. The summed E-state index contributed by atoms with van der Waals surface area (Å²) in [7, 11) is 0. The van der Waals surface area contributed by atoms with E-state index in [-0.39, 0.29) is 11.9 Å². The number of rotatable bonds is 5. The number of hydrogen-bond donors (Lipinski definition) is 1. The van der Waals surface area contributed by atoms with E-state index in [1.807, 2.05) is 11.2 Å². The Morgan fingerprint density at radius 2 is 2.19 bits per heavy atom. The molecule has 0 saturated heterocycles. The van der Waals surface area contributed by atoms with Crippen LogP contribution in [0.5, 0.6) is 0 Å². The summed E-state index contributed by atoms with van der Waals surface area (Å²) in [5, 5.41) is 0. The SMILES string of the molecule is CCOC(=O)C1C2CCC(CN(S)CC)C21. The fraction of sp³-hybridized carbons (Fsp3) is 0.917. The maximum Gasteiger partial charge on any atom is 0.309 e. The highest BCUT2D eigenvalue weighted by Crippen LogP contribution is 2.61. The van der Waals surface area contributed by atoms with E-state index in [0.29, 0.717) is 24.4 Å². The Labute approximate surface area is 103 Å². The first-order valence-electron chi connectivity index (χ1n) is 6.29. The molecular weight excluding hydrogens is 222 g/mol. The normalized spacial score (nSPS) is 36.2. The van der Waals surface area contributed by atoms with E-state index in [1.54, 1.807) is 0 Å². The summed E-state index contributed by atoms with van der Waals surface area (Å²) in [6.45, 7) is 6.46. The molecule has 4 heteroatoms. The predicted molar refractivity (Wildman–Crippen MR) is 66.1 cm³/mol. The van der Waals surface area contributed by atoms with E-state index >= 15 is 0 Å². The largest absolute Gasteiger partial charge is 0.466 e. The first-order valence-corrected chi connectivity index (χ1v) is 6.69. The van der Waals surface area contributed by atoms with Crippen LogP contribution >= 0.6 is 12.8 Å². The van der Waals surface area contributed by atoms with Gasteiger partial charge >= 0.3 is 5.97 Å². The second kappa shape index (κ2) is 4.96. The van der Waals surface area contributed by atoms with E-state index in [1.165, 1.54) is 12.8 Å². The number of carbonyl (C=O) groups is 1. The minimum Gasteiger partial charge on any atom is -0.466 e. The van der Waals surface area contributed by atoms with Gasteiger partial charge in [-0.1, -0.05) is 19.7 Å². The van der Waals surface area contributed by atoms with Crippen molar-refractivity contribution in [2.75, 3.05) is 19.7 Å². The van der Waals surface area contributed by atoms with Crippen molar-refractivity contribution in [2.45, 2.75) is 26.7 Å². The van der Waals surface area contributed by atoms with Gasteiger partial charge in [-0.3, -0.25) is 9.10 Å². The summed E-state index contributed by atoms with van der Waals surface area (Å²) >= 11 is 4.40. The quantitative estimate of drug-likeness (QED) is 0.591. The van der Waals surface area contributed by atoms with E-state index in [4.69, 9.17) is 4.74 Å². The lowest BCUT2D eigenvalue weighted by Gasteiger charge is -2.20. The molecule has 2 fully saturated rings. The third-order valence-electron chi connectivity index (χ3n) is 4.01. The molecule has 4 atom stereocenters. The van der Waals surface area contributed by atoms with Gasteiger partial charge in [0.15, 0.2) is 0 Å². The van der Waals surface area contributed by atoms with Crippen LogP contribution < -0.4 is 0 Å². The fourth-order valence-electron chi connectivity index (χ4n) is 3.20. The van der Waals surface area contributed by atoms with Crippen LogP contribution in [0.2, 0.25) is 0 Å². The molecule has 16 heavy (non-hydrogen) atoms. The molecule has 2 aliphatic rings. The molecule has 0 aromatic carbocycles. The van der Waals surface area contributed by atoms with Crippen LogP contribution in [0.1, 0.15) is 26.7 Å². The molecule has 0 aromatic rings. The van der Waals surface area contributed by atoms with E-state index in [2.05, 4.69) is 19.7 Å². The second-order valence-electron chi connectivity index (χ2n) is 4.86. The topological polar surface area (TPSA) is 29.5 Å². The minimum absolute atomic E-state index is 0.0319. The number of thiol groups is 1. The van der Waals surface area contributed by atoms with Gasteiger partial charge in [0.2, 0.25) is 0 Å². The van der Waals surface area contributed by atoms with Crippen LogP contribution in [0.4, 0.5) is 0 Å². The first kappa shape index (κ1) is 12.2. The molecule has 3 nitrogen and oxygen atoms in total. The number of fused-ring (bicyclic) bond motifs is 1. The summed E-state index contributed by atoms with van der Waals surface area (Å²) in [6, 6.07) is 0. The van der Waals surface area contributed by atoms with E-state index < -0.39 is 0 Å². The average Bonchev–Trinajstić information content (AvgIpc) is 2.87. The molecule has 2 rings (SSSR count). The van der Waals surface area contributed by atoms with Crippen LogP contribution in [-0.2, 0) is 9.53 Å². The van der Waals surface area contributed by atoms with Crippen molar-refractivity contribution in [1.29, 1.82) is 0 Å². The average molecular weight is 243 g/mol. The molecule has 2 saturated carbocycles. The molecule has 0 spiro atoms. The van der Waals surface area contributed by atoms with Crippen LogP contribution in [-0.4, -0.2) is 30.0 Å². The van der Waals surface area contributed by atoms with Crippen LogP contribution in [0, 0.1) is 23.7 Å². The monoisotopic (exact) mass is 243 g/mol. The molecule has 0 radical (unpaired) electrons. The van der Waals surface area contributed by atoms with Crippen molar-refractivity contribution in [2.24, 2.45) is 23.7 Å². The zero-order valence-corrected chi connectivity index (χ0v) is 11.0. The van der Waals surface area contributed by atoms with Crippen molar-refractivity contribution < 1.29 is 9.53 Å². The number of esters is 1. The first-order chi connectivity index (χ1) is 7.69. The number of hydrogen-bond acceptors (Lipinski definition) is 4. The standard InChI is InChI=1S/C12H21NO2S/c1-3-13(16)7-8-5-6-9-10(8)11(9)12(14)15-4-2/h8-11,16H,3-7H2,1-2H3. The molecule has 0 N–H and O–H groups in total. The van der Waals surface area contributed by atoms with Gasteiger partial charge in [-0.05, 0) is 37.5 Å². The Balaban J connectivity index is 1.85. The van der Waals surface area contributed by atoms with Crippen molar-refractivity contribution in [3.63, 3.8) is 0 Å². The summed E-state index contributed by atoms with van der Waals surface area (Å²) in [5.74, 6) is 2.08. The summed E-state index contributed by atoms with van der Waals surface area (Å²) in [5.41, 5.74) is 0. The molecule has 0 bridgehead atoms. The Morgan fingerprint density at radius 1 is 1.44 bits per heavy atom. The third-order valence-corrected chi connectivity index (χ3v) is 4.46. The lowest BCUT2D eigenvalue weighted by Crippen LogP contribution is -2.23. The molecular formula is C12H21NO2S. The van der Waals surface area contributed by atoms with Gasteiger partial charge in [0.1, 0.15) is 0 Å². The summed E-state index contributed by atoms with van der Waals surface area (Å²) < 4.78 is 7.16. The Kier molecular flexibility index (Phi) is 3.80. The molecule has 0 aliphatic heterocycles. The lowest BCUT2D eigenvalue weighted by atomic mass is 10.00. The van der Waals surface area contributed by atoms with E-state index in [0.717, 1.165) is 13.1 Å². The number of ether oxygens (including phenoxy) is 1. The summed E-state index contributed by atoms with van der Waals surface area (Å²) in [4.78, 5) is 11.7. The Hall–Kier alpha value is -0.220. The highest BCUT2D eigenvalue weighted by atomic mass is 32.1. The molecule has 2 aliphatic carbocycles. The Bertz CT molecular complexity index is 272. The molecule has 0 aromatic heterocycles. The van der Waals surface area contributed by atoms with Crippen molar-refractivity contribution in [1.82, 2.24) is 4.31 Å². The molecule has 0 heterocycles. The fourth-order valence-corrected chi connectivity index (χ4v) is 3.41. The van der Waals surface area contributed by atoms with Crippen LogP contribution in [0.15, 0.2) is 0 Å². The third kappa shape index (κ3) is 2.23. The number of nitrogens with zero attached hydrogens (tertiary/aromatic N) is 1. The smallest absolute Gasteiger partial charge is 0.309 e. The molecule has 4 unspecified atom stereocenters. The van der Waals surface area contributed by atoms with E-state index in [9.17, 15) is 4.79 Å². The lowest BCUT2D eigenvalue weighted by molar-refractivity contribution is -0.145. The highest BCUT2D eigenvalue weighted by molar-refractivity contribution is 7.77. The summed E-state index contributed by atoms with van der Waals surface area (Å²) in [6.07, 6.45) is 2.45. The van der Waals surface area contributed by atoms with Gasteiger partial charge in [-0.2, -0.15) is 0 Å². The molecule has 92 valence electrons. The number of carbonyl (C=O) groups excluding carboxylic acids is 1. The predicted octanol–water partition coefficient (Wildman–Crippen LogP) is 1.99. The zero-order valence-electron chi connectivity index (χ0n) is 10.1. The minimum atomic E-state index is 0.0319. The zero-order chi connectivity index (χ0) is 11.7. The van der Waals surface area contributed by atoms with Gasteiger partial charge < -0.3 is 4.74 Å². The van der Waals surface area contributed by atoms with Gasteiger partial charge in [-0.15, -0.1) is 0 Å². The van der Waals surface area contributed by atoms with Gasteiger partial charge in [0.25, 0.3) is 0 Å². The maximum absolute atomic E-state index is 11.7. The van der Waals surface area contributed by atoms with Crippen LogP contribution in [0.3, 0.4) is 0 Å². The van der Waals surface area contributed by atoms with Gasteiger partial charge in [0, 0.05) is 13.1 Å². The highest BCUT2D eigenvalue weighted by Gasteiger charge is 2.61. The van der Waals surface area contributed by atoms with Crippen molar-refractivity contribution >= 4 is 18.8 Å². The van der Waals surface area contributed by atoms with Crippen LogP contribution in [0.25, 0.3) is 0 Å². The molecule has 0 amide bonds. The van der Waals surface area contributed by atoms with Gasteiger partial charge in [-0.25, -0.2) is 0 Å². The maximum atomic E-state index is 11.7. The van der Waals surface area contributed by atoms with Crippen molar-refractivity contribution in [3.8, 4) is 0 Å². The Morgan fingerprint density at radius 3 is 2.81 bits per heavy atom. The van der Waals surface area contributed by atoms with Gasteiger partial charge in [0.05, 0.1) is 12.5 Å².